The fourth-order valence-corrected chi connectivity index (χ4v) is 2.10. The number of likely N-dealkylation sites (tertiary alicyclic amines) is 1. The summed E-state index contributed by atoms with van der Waals surface area (Å²) in [5.41, 5.74) is -0.519. The summed E-state index contributed by atoms with van der Waals surface area (Å²) in [6, 6.07) is 0. The van der Waals surface area contributed by atoms with Crippen molar-refractivity contribution in [1.29, 1.82) is 0 Å². The van der Waals surface area contributed by atoms with Gasteiger partial charge >= 0.3 is 5.97 Å². The summed E-state index contributed by atoms with van der Waals surface area (Å²) < 4.78 is 5.59. The van der Waals surface area contributed by atoms with Crippen LogP contribution in [0.4, 0.5) is 0 Å². The molecular weight excluding hydrogens is 230 g/mol. The molecule has 4 heteroatoms. The lowest BCUT2D eigenvalue weighted by Gasteiger charge is -2.36. The van der Waals surface area contributed by atoms with Crippen LogP contribution in [0.1, 0.15) is 40.0 Å². The summed E-state index contributed by atoms with van der Waals surface area (Å²) >= 11 is 0. The van der Waals surface area contributed by atoms with Gasteiger partial charge in [-0.2, -0.15) is 0 Å². The second-order valence-corrected chi connectivity index (χ2v) is 6.00. The summed E-state index contributed by atoms with van der Waals surface area (Å²) in [6.45, 7) is 10.5. The first-order valence-electron chi connectivity index (χ1n) is 6.97. The smallest absolute Gasteiger partial charge is 0.309 e. The van der Waals surface area contributed by atoms with Crippen LogP contribution in [0.25, 0.3) is 0 Å². The Morgan fingerprint density at radius 3 is 2.44 bits per heavy atom. The van der Waals surface area contributed by atoms with E-state index in [4.69, 9.17) is 9.84 Å². The van der Waals surface area contributed by atoms with E-state index >= 15 is 0 Å². The molecule has 1 heterocycles. The summed E-state index contributed by atoms with van der Waals surface area (Å²) in [5, 5.41) is 9.14. The van der Waals surface area contributed by atoms with E-state index in [1.54, 1.807) is 0 Å². The highest BCUT2D eigenvalue weighted by atomic mass is 16.5. The maximum Gasteiger partial charge on any atom is 0.309 e. The Morgan fingerprint density at radius 2 is 1.94 bits per heavy atom. The van der Waals surface area contributed by atoms with Gasteiger partial charge in [0.15, 0.2) is 0 Å². The molecule has 18 heavy (non-hydrogen) atoms. The van der Waals surface area contributed by atoms with Gasteiger partial charge in [-0.3, -0.25) is 4.79 Å². The van der Waals surface area contributed by atoms with Gasteiger partial charge in [-0.25, -0.2) is 0 Å². The first kappa shape index (κ1) is 15.4. The molecule has 1 saturated heterocycles. The second kappa shape index (κ2) is 7.10. The minimum Gasteiger partial charge on any atom is -0.481 e. The molecular formula is C14H27NO3. The second-order valence-electron chi connectivity index (χ2n) is 6.00. The van der Waals surface area contributed by atoms with Crippen molar-refractivity contribution in [3.63, 3.8) is 0 Å². The number of hydrogen-bond donors (Lipinski definition) is 1. The molecule has 106 valence electrons. The van der Waals surface area contributed by atoms with E-state index < -0.39 is 11.4 Å². The molecule has 0 bridgehead atoms. The molecule has 0 aromatic carbocycles. The Hall–Kier alpha value is -0.610. The minimum atomic E-state index is -0.657. The summed E-state index contributed by atoms with van der Waals surface area (Å²) in [4.78, 5) is 13.4. The fraction of sp³-hybridized carbons (Fsp3) is 0.929. The maximum absolute atomic E-state index is 11.1. The number of rotatable bonds is 7. The number of hydrogen-bond acceptors (Lipinski definition) is 3. The van der Waals surface area contributed by atoms with Gasteiger partial charge in [0.1, 0.15) is 0 Å². The average molecular weight is 257 g/mol. The van der Waals surface area contributed by atoms with Gasteiger partial charge in [0.2, 0.25) is 0 Å². The van der Waals surface area contributed by atoms with Crippen molar-refractivity contribution < 1.29 is 14.6 Å². The van der Waals surface area contributed by atoms with Gasteiger partial charge in [0, 0.05) is 13.2 Å². The lowest BCUT2D eigenvalue weighted by molar-refractivity contribution is -0.150. The van der Waals surface area contributed by atoms with Gasteiger partial charge in [0.05, 0.1) is 12.0 Å². The van der Waals surface area contributed by atoms with Crippen LogP contribution in [0, 0.1) is 11.3 Å². The molecule has 1 rings (SSSR count). The van der Waals surface area contributed by atoms with Crippen LogP contribution in [0.3, 0.4) is 0 Å². The molecule has 0 atom stereocenters. The van der Waals surface area contributed by atoms with Crippen LogP contribution in [-0.2, 0) is 9.53 Å². The van der Waals surface area contributed by atoms with Crippen molar-refractivity contribution >= 4 is 5.97 Å². The summed E-state index contributed by atoms with van der Waals surface area (Å²) in [6.07, 6.45) is 2.60. The third-order valence-electron chi connectivity index (χ3n) is 3.87. The monoisotopic (exact) mass is 257 g/mol. The number of ether oxygens (including phenoxy) is 1. The Labute approximate surface area is 110 Å². The quantitative estimate of drug-likeness (QED) is 0.711. The van der Waals surface area contributed by atoms with E-state index in [1.807, 2.05) is 6.92 Å². The minimum absolute atomic E-state index is 0.519. The average Bonchev–Trinajstić information content (AvgIpc) is 2.30. The van der Waals surface area contributed by atoms with E-state index in [2.05, 4.69) is 18.7 Å². The first-order valence-corrected chi connectivity index (χ1v) is 6.97. The number of carboxylic acids is 1. The van der Waals surface area contributed by atoms with Crippen LogP contribution in [0.5, 0.6) is 0 Å². The van der Waals surface area contributed by atoms with Crippen molar-refractivity contribution in [3.8, 4) is 0 Å². The van der Waals surface area contributed by atoms with Gasteiger partial charge < -0.3 is 14.7 Å². The molecule has 4 nitrogen and oxygen atoms in total. The Kier molecular flexibility index (Phi) is 6.09. The summed E-state index contributed by atoms with van der Waals surface area (Å²) in [5.74, 6) is 0.0339. The van der Waals surface area contributed by atoms with Gasteiger partial charge in [0.25, 0.3) is 0 Å². The topological polar surface area (TPSA) is 49.8 Å². The van der Waals surface area contributed by atoms with Crippen LogP contribution < -0.4 is 0 Å². The zero-order valence-electron chi connectivity index (χ0n) is 11.9. The molecule has 0 spiro atoms. The third kappa shape index (κ3) is 4.94. The molecule has 0 aromatic heterocycles. The Bertz CT molecular complexity index is 258. The highest BCUT2D eigenvalue weighted by Crippen LogP contribution is 2.30. The SMILES string of the molecule is CC(C)CCOCCN1CCC(C)(C(=O)O)CC1. The molecule has 1 N–H and O–H groups in total. The van der Waals surface area contributed by atoms with Gasteiger partial charge in [-0.1, -0.05) is 13.8 Å². The highest BCUT2D eigenvalue weighted by Gasteiger charge is 2.36. The lowest BCUT2D eigenvalue weighted by atomic mass is 9.80. The third-order valence-corrected chi connectivity index (χ3v) is 3.87. The molecule has 0 aliphatic carbocycles. The van der Waals surface area contributed by atoms with E-state index in [0.29, 0.717) is 5.92 Å². The van der Waals surface area contributed by atoms with E-state index in [0.717, 1.165) is 52.1 Å². The molecule has 0 saturated carbocycles. The first-order chi connectivity index (χ1) is 8.44. The van der Waals surface area contributed by atoms with Crippen molar-refractivity contribution in [3.05, 3.63) is 0 Å². The van der Waals surface area contributed by atoms with Crippen LogP contribution in [-0.4, -0.2) is 48.8 Å². The van der Waals surface area contributed by atoms with Crippen LogP contribution in [0.15, 0.2) is 0 Å². The number of carboxylic acid groups (broad SMARTS) is 1. The maximum atomic E-state index is 11.1. The molecule has 0 aromatic rings. The Morgan fingerprint density at radius 1 is 1.33 bits per heavy atom. The molecule has 0 radical (unpaired) electrons. The largest absolute Gasteiger partial charge is 0.481 e. The van der Waals surface area contributed by atoms with E-state index in [1.165, 1.54) is 0 Å². The van der Waals surface area contributed by atoms with E-state index in [9.17, 15) is 4.79 Å². The zero-order valence-corrected chi connectivity index (χ0v) is 11.9. The molecule has 0 unspecified atom stereocenters. The fourth-order valence-electron chi connectivity index (χ4n) is 2.10. The van der Waals surface area contributed by atoms with E-state index in [-0.39, 0.29) is 0 Å². The highest BCUT2D eigenvalue weighted by molar-refractivity contribution is 5.74. The lowest BCUT2D eigenvalue weighted by Crippen LogP contribution is -2.43. The number of nitrogens with zero attached hydrogens (tertiary/aromatic N) is 1. The van der Waals surface area contributed by atoms with Crippen LogP contribution >= 0.6 is 0 Å². The predicted octanol–water partition coefficient (Wildman–Crippen LogP) is 2.24. The Balaban J connectivity index is 2.11. The van der Waals surface area contributed by atoms with Gasteiger partial charge in [-0.05, 0) is 45.2 Å². The molecule has 0 amide bonds. The molecule has 1 fully saturated rings. The van der Waals surface area contributed by atoms with Crippen LogP contribution in [0.2, 0.25) is 0 Å². The molecule has 1 aliphatic rings. The number of piperidine rings is 1. The van der Waals surface area contributed by atoms with Crippen molar-refractivity contribution in [2.75, 3.05) is 32.8 Å². The van der Waals surface area contributed by atoms with Crippen molar-refractivity contribution in [2.24, 2.45) is 11.3 Å². The molecule has 1 aliphatic heterocycles. The number of aliphatic carboxylic acids is 1. The van der Waals surface area contributed by atoms with Crippen molar-refractivity contribution in [1.82, 2.24) is 4.90 Å². The van der Waals surface area contributed by atoms with Gasteiger partial charge in [-0.15, -0.1) is 0 Å². The predicted molar refractivity (Wildman–Crippen MR) is 71.7 cm³/mol. The summed E-state index contributed by atoms with van der Waals surface area (Å²) in [7, 11) is 0. The zero-order chi connectivity index (χ0) is 13.6. The van der Waals surface area contributed by atoms with Crippen molar-refractivity contribution in [2.45, 2.75) is 40.0 Å². The normalized spacial score (nSPS) is 20.2. The standard InChI is InChI=1S/C14H27NO3/c1-12(2)4-10-18-11-9-15-7-5-14(3,6-8-15)13(16)17/h12H,4-11H2,1-3H3,(H,16,17). The number of carbonyl (C=O) groups is 1.